The first-order valence-corrected chi connectivity index (χ1v) is 14.1. The van der Waals surface area contributed by atoms with Crippen LogP contribution >= 0.6 is 0 Å². The van der Waals surface area contributed by atoms with E-state index in [-0.39, 0.29) is 36.9 Å². The van der Waals surface area contributed by atoms with Crippen LogP contribution in [0.4, 0.5) is 16.2 Å². The minimum absolute atomic E-state index is 0.00143. The number of para-hydroxylation sites is 1. The number of hydrogen-bond donors (Lipinski definition) is 4. The summed E-state index contributed by atoms with van der Waals surface area (Å²) in [4.78, 5) is 50.3. The summed E-state index contributed by atoms with van der Waals surface area (Å²) in [6, 6.07) is 10.4. The number of anilines is 2. The first-order valence-electron chi connectivity index (χ1n) is 12.3. The number of likely N-dealkylation sites (N-methyl/N-ethyl adjacent to an activating group) is 1. The summed E-state index contributed by atoms with van der Waals surface area (Å²) in [6.07, 6.45) is 1.73. The second-order valence-electron chi connectivity index (χ2n) is 9.16. The number of carbonyl (C=O) groups excluding carboxylic acids is 2. The van der Waals surface area contributed by atoms with Crippen molar-refractivity contribution in [3.8, 4) is 5.75 Å². The number of aliphatic carboxylic acids is 1. The summed E-state index contributed by atoms with van der Waals surface area (Å²) in [6.45, 7) is 1.88. The van der Waals surface area contributed by atoms with Crippen molar-refractivity contribution in [2.45, 2.75) is 32.4 Å². The number of nitrogens with zero attached hydrogens (tertiary/aromatic N) is 4. The van der Waals surface area contributed by atoms with Gasteiger partial charge >= 0.3 is 12.0 Å². The molecule has 4 N–H and O–H groups in total. The van der Waals surface area contributed by atoms with Crippen molar-refractivity contribution in [3.05, 3.63) is 71.6 Å². The van der Waals surface area contributed by atoms with E-state index in [0.29, 0.717) is 22.7 Å². The summed E-state index contributed by atoms with van der Waals surface area (Å²) in [5.74, 6) is -1.03. The fourth-order valence-corrected chi connectivity index (χ4v) is 4.41. The number of ether oxygens (including phenoxy) is 1. The fraction of sp³-hybridized carbons (Fsp3) is 0.308. The molecular weight excluding hydrogens is 554 g/mol. The Bertz CT molecular complexity index is 1530. The van der Waals surface area contributed by atoms with Gasteiger partial charge < -0.3 is 25.4 Å². The van der Waals surface area contributed by atoms with Crippen LogP contribution in [-0.2, 0) is 39.0 Å². The van der Waals surface area contributed by atoms with Crippen molar-refractivity contribution in [1.82, 2.24) is 24.6 Å². The molecule has 0 radical (unpaired) electrons. The Morgan fingerprint density at radius 1 is 1.05 bits per heavy atom. The molecule has 218 valence electrons. The van der Waals surface area contributed by atoms with Crippen molar-refractivity contribution in [3.63, 3.8) is 0 Å². The zero-order chi connectivity index (χ0) is 30.2. The van der Waals surface area contributed by atoms with E-state index in [0.717, 1.165) is 11.8 Å². The first-order chi connectivity index (χ1) is 19.3. The largest absolute Gasteiger partial charge is 0.495 e. The Morgan fingerprint density at radius 3 is 2.39 bits per heavy atom. The highest BCUT2D eigenvalue weighted by atomic mass is 32.2. The van der Waals surface area contributed by atoms with Crippen LogP contribution in [0.15, 0.2) is 48.8 Å². The molecule has 3 rings (SSSR count). The second-order valence-corrected chi connectivity index (χ2v) is 10.9. The zero-order valence-corrected chi connectivity index (χ0v) is 23.7. The summed E-state index contributed by atoms with van der Waals surface area (Å²) < 4.78 is 30.3. The highest BCUT2D eigenvalue weighted by molar-refractivity contribution is 7.88. The monoisotopic (exact) mass is 585 g/mol. The van der Waals surface area contributed by atoms with E-state index in [2.05, 4.69) is 25.6 Å². The van der Waals surface area contributed by atoms with E-state index in [1.54, 1.807) is 31.3 Å². The fourth-order valence-electron chi connectivity index (χ4n) is 3.71. The minimum Gasteiger partial charge on any atom is -0.495 e. The van der Waals surface area contributed by atoms with Gasteiger partial charge in [0.1, 0.15) is 23.9 Å². The van der Waals surface area contributed by atoms with Gasteiger partial charge in [-0.15, -0.1) is 0 Å². The van der Waals surface area contributed by atoms with Gasteiger partial charge in [0.2, 0.25) is 15.9 Å². The smallest absolute Gasteiger partial charge is 0.323 e. The van der Waals surface area contributed by atoms with Gasteiger partial charge in [0, 0.05) is 19.2 Å². The summed E-state index contributed by atoms with van der Waals surface area (Å²) >= 11 is 0. The number of nitrogens with one attached hydrogen (secondary N) is 3. The molecule has 3 aromatic rings. The number of carbonyl (C=O) groups is 3. The predicted molar refractivity (Wildman–Crippen MR) is 150 cm³/mol. The number of hydrogen-bond acceptors (Lipinski definition) is 9. The SMILES string of the molecule is COc1cc(CC(=O)N(C)Cc2ncnc(CC(NS(C)(=O)=O)C(=O)O)n2)ccc1NC(=O)Nc1ccccc1C. The third-order valence-corrected chi connectivity index (χ3v) is 6.49. The van der Waals surface area contributed by atoms with E-state index >= 15 is 0 Å². The van der Waals surface area contributed by atoms with Gasteiger partial charge in [0.05, 0.1) is 32.0 Å². The van der Waals surface area contributed by atoms with Gasteiger partial charge in [-0.25, -0.2) is 32.9 Å². The molecule has 41 heavy (non-hydrogen) atoms. The molecule has 0 spiro atoms. The van der Waals surface area contributed by atoms with Crippen LogP contribution in [0.1, 0.15) is 22.8 Å². The summed E-state index contributed by atoms with van der Waals surface area (Å²) in [7, 11) is -0.764. The van der Waals surface area contributed by atoms with Crippen LogP contribution in [0, 0.1) is 6.92 Å². The lowest BCUT2D eigenvalue weighted by Gasteiger charge is -2.18. The zero-order valence-electron chi connectivity index (χ0n) is 22.9. The summed E-state index contributed by atoms with van der Waals surface area (Å²) in [5.41, 5.74) is 2.64. The summed E-state index contributed by atoms with van der Waals surface area (Å²) in [5, 5.41) is 14.8. The Hall–Kier alpha value is -4.63. The molecule has 2 aromatic carbocycles. The number of amides is 3. The molecule has 15 heteroatoms. The van der Waals surface area contributed by atoms with Crippen LogP contribution in [0.3, 0.4) is 0 Å². The number of urea groups is 1. The van der Waals surface area contributed by atoms with E-state index in [1.165, 1.54) is 18.3 Å². The van der Waals surface area contributed by atoms with Crippen molar-refractivity contribution in [2.24, 2.45) is 0 Å². The lowest BCUT2D eigenvalue weighted by molar-refractivity contribution is -0.139. The maximum atomic E-state index is 12.9. The molecule has 1 unspecified atom stereocenters. The molecule has 14 nitrogen and oxygen atoms in total. The Morgan fingerprint density at radius 2 is 1.73 bits per heavy atom. The van der Waals surface area contributed by atoms with Crippen molar-refractivity contribution in [2.75, 3.05) is 31.0 Å². The number of aryl methyl sites for hydroxylation is 1. The Labute approximate surface area is 237 Å². The Kier molecular flexibility index (Phi) is 10.3. The first kappa shape index (κ1) is 30.9. The predicted octanol–water partition coefficient (Wildman–Crippen LogP) is 1.58. The van der Waals surface area contributed by atoms with Crippen LogP contribution in [0.5, 0.6) is 5.75 Å². The number of benzene rings is 2. The molecule has 1 atom stereocenters. The molecule has 1 heterocycles. The molecule has 3 amide bonds. The molecule has 0 aliphatic rings. The van der Waals surface area contributed by atoms with Crippen LogP contribution in [0.2, 0.25) is 0 Å². The lowest BCUT2D eigenvalue weighted by atomic mass is 10.1. The van der Waals surface area contributed by atoms with E-state index in [4.69, 9.17) is 4.74 Å². The van der Waals surface area contributed by atoms with Gasteiger partial charge in [-0.1, -0.05) is 24.3 Å². The quantitative estimate of drug-likeness (QED) is 0.242. The van der Waals surface area contributed by atoms with E-state index in [1.807, 2.05) is 29.8 Å². The number of carboxylic acid groups (broad SMARTS) is 1. The van der Waals surface area contributed by atoms with Crippen LogP contribution < -0.4 is 20.1 Å². The van der Waals surface area contributed by atoms with Crippen LogP contribution in [-0.4, -0.2) is 77.7 Å². The third kappa shape index (κ3) is 9.51. The lowest BCUT2D eigenvalue weighted by Crippen LogP contribution is -2.42. The molecule has 0 aliphatic carbocycles. The van der Waals surface area contributed by atoms with Crippen molar-refractivity contribution < 1.29 is 32.6 Å². The van der Waals surface area contributed by atoms with Gasteiger partial charge in [0.15, 0.2) is 5.82 Å². The number of aromatic nitrogens is 3. The van der Waals surface area contributed by atoms with Gasteiger partial charge in [-0.3, -0.25) is 9.59 Å². The average molecular weight is 586 g/mol. The minimum atomic E-state index is -3.77. The normalized spacial score (nSPS) is 11.8. The Balaban J connectivity index is 1.62. The number of sulfonamides is 1. The molecule has 0 saturated heterocycles. The number of carboxylic acids is 1. The molecule has 0 saturated carbocycles. The molecule has 0 fully saturated rings. The highest BCUT2D eigenvalue weighted by Crippen LogP contribution is 2.26. The third-order valence-electron chi connectivity index (χ3n) is 5.78. The topological polar surface area (TPSA) is 193 Å². The van der Waals surface area contributed by atoms with E-state index in [9.17, 15) is 27.9 Å². The van der Waals surface area contributed by atoms with Gasteiger partial charge in [0.25, 0.3) is 0 Å². The van der Waals surface area contributed by atoms with Crippen LogP contribution in [0.25, 0.3) is 0 Å². The van der Waals surface area contributed by atoms with Crippen molar-refractivity contribution >= 4 is 39.3 Å². The maximum absolute atomic E-state index is 12.9. The van der Waals surface area contributed by atoms with Gasteiger partial charge in [-0.2, -0.15) is 0 Å². The standard InChI is InChI=1S/C26H31N7O7S/c1-16-7-5-6-8-18(16)29-26(37)30-19-10-9-17(11-21(19)40-3)12-24(34)33(2)14-23-28-15-27-22(31-23)13-20(25(35)36)32-41(4,38)39/h5-11,15,20,32H,12-14H2,1-4H3,(H,35,36)(H2,29,30,37). The maximum Gasteiger partial charge on any atom is 0.323 e. The number of rotatable bonds is 12. The molecular formula is C26H31N7O7S. The highest BCUT2D eigenvalue weighted by Gasteiger charge is 2.23. The second kappa shape index (κ2) is 13.6. The molecule has 0 bridgehead atoms. The van der Waals surface area contributed by atoms with Gasteiger partial charge in [-0.05, 0) is 36.2 Å². The van der Waals surface area contributed by atoms with Crippen molar-refractivity contribution in [1.29, 1.82) is 0 Å². The molecule has 0 aliphatic heterocycles. The van der Waals surface area contributed by atoms with E-state index < -0.39 is 28.1 Å². The molecule has 1 aromatic heterocycles. The number of methoxy groups -OCH3 is 1. The average Bonchev–Trinajstić information content (AvgIpc) is 2.89.